The highest BCUT2D eigenvalue weighted by Crippen LogP contribution is 2.21. The van der Waals surface area contributed by atoms with Gasteiger partial charge in [-0.05, 0) is 24.9 Å². The van der Waals surface area contributed by atoms with E-state index in [1.807, 2.05) is 13.0 Å². The van der Waals surface area contributed by atoms with Crippen molar-refractivity contribution in [1.82, 2.24) is 5.32 Å². The van der Waals surface area contributed by atoms with Gasteiger partial charge in [-0.15, -0.1) is 0 Å². The van der Waals surface area contributed by atoms with Crippen molar-refractivity contribution in [2.45, 2.75) is 25.8 Å². The molecule has 0 saturated carbocycles. The Balaban J connectivity index is 2.62. The first-order valence-corrected chi connectivity index (χ1v) is 8.55. The lowest BCUT2D eigenvalue weighted by atomic mass is 10.0. The Kier molecular flexibility index (Phi) is 6.09. The van der Waals surface area contributed by atoms with Gasteiger partial charge in [0.15, 0.2) is 0 Å². The van der Waals surface area contributed by atoms with E-state index in [2.05, 4.69) is 5.32 Å². The Labute approximate surface area is 119 Å². The maximum Gasteiger partial charge on any atom is 0.269 e. The molecule has 0 aliphatic rings. The van der Waals surface area contributed by atoms with Crippen LogP contribution < -0.4 is 5.32 Å². The standard InChI is InChI=1S/C13H20N2O4S/c1-3-13(14-8-5-9-20(2,18)19)11-6-4-7-12(10-11)15(16)17/h4,6-7,10,13-14H,3,5,8-9H2,1-2H3. The van der Waals surface area contributed by atoms with Crippen LogP contribution >= 0.6 is 0 Å². The molecule has 0 fully saturated rings. The smallest absolute Gasteiger partial charge is 0.269 e. The van der Waals surface area contributed by atoms with E-state index in [1.165, 1.54) is 12.3 Å². The van der Waals surface area contributed by atoms with Crippen LogP contribution in [0.25, 0.3) is 0 Å². The first kappa shape index (κ1) is 16.6. The first-order valence-electron chi connectivity index (χ1n) is 6.49. The van der Waals surface area contributed by atoms with Crippen LogP contribution in [0.15, 0.2) is 24.3 Å². The molecular weight excluding hydrogens is 280 g/mol. The van der Waals surface area contributed by atoms with E-state index in [0.717, 1.165) is 12.0 Å². The lowest BCUT2D eigenvalue weighted by Crippen LogP contribution is -2.23. The van der Waals surface area contributed by atoms with Gasteiger partial charge in [-0.25, -0.2) is 8.42 Å². The zero-order valence-electron chi connectivity index (χ0n) is 11.7. The van der Waals surface area contributed by atoms with Crippen LogP contribution in [0.3, 0.4) is 0 Å². The van der Waals surface area contributed by atoms with Crippen molar-refractivity contribution in [3.05, 3.63) is 39.9 Å². The normalized spacial score (nSPS) is 13.1. The highest BCUT2D eigenvalue weighted by Gasteiger charge is 2.13. The van der Waals surface area contributed by atoms with Gasteiger partial charge in [0.05, 0.1) is 10.7 Å². The molecule has 1 unspecified atom stereocenters. The molecule has 0 aromatic heterocycles. The summed E-state index contributed by atoms with van der Waals surface area (Å²) >= 11 is 0. The minimum absolute atomic E-state index is 0.00513. The van der Waals surface area contributed by atoms with E-state index < -0.39 is 14.8 Å². The molecule has 1 atom stereocenters. The summed E-state index contributed by atoms with van der Waals surface area (Å²) in [4.78, 5) is 10.3. The van der Waals surface area contributed by atoms with Gasteiger partial charge in [0.2, 0.25) is 0 Å². The summed E-state index contributed by atoms with van der Waals surface area (Å²) < 4.78 is 22.1. The van der Waals surface area contributed by atoms with Crippen LogP contribution in [0, 0.1) is 10.1 Å². The van der Waals surface area contributed by atoms with Gasteiger partial charge in [-0.2, -0.15) is 0 Å². The quantitative estimate of drug-likeness (QED) is 0.451. The molecule has 7 heteroatoms. The summed E-state index contributed by atoms with van der Waals surface area (Å²) in [6.07, 6.45) is 2.52. The third kappa shape index (κ3) is 5.66. The van der Waals surface area contributed by atoms with Crippen molar-refractivity contribution >= 4 is 15.5 Å². The molecule has 1 rings (SSSR count). The van der Waals surface area contributed by atoms with Gasteiger partial charge in [0.25, 0.3) is 5.69 Å². The van der Waals surface area contributed by atoms with E-state index in [9.17, 15) is 18.5 Å². The van der Waals surface area contributed by atoms with Gasteiger partial charge >= 0.3 is 0 Å². The van der Waals surface area contributed by atoms with E-state index in [-0.39, 0.29) is 17.5 Å². The molecular formula is C13H20N2O4S. The van der Waals surface area contributed by atoms with Crippen LogP contribution in [0.4, 0.5) is 5.69 Å². The number of hydrogen-bond donors (Lipinski definition) is 1. The van der Waals surface area contributed by atoms with Crippen molar-refractivity contribution in [1.29, 1.82) is 0 Å². The zero-order valence-corrected chi connectivity index (χ0v) is 12.5. The summed E-state index contributed by atoms with van der Waals surface area (Å²) in [7, 11) is -2.94. The second-order valence-corrected chi connectivity index (χ2v) is 7.01. The van der Waals surface area contributed by atoms with Gasteiger partial charge in [0.1, 0.15) is 9.84 Å². The Morgan fingerprint density at radius 2 is 2.10 bits per heavy atom. The molecule has 6 nitrogen and oxygen atoms in total. The van der Waals surface area contributed by atoms with Gasteiger partial charge in [-0.1, -0.05) is 19.1 Å². The summed E-state index contributed by atoms with van der Waals surface area (Å²) in [5.74, 6) is 0.144. The highest BCUT2D eigenvalue weighted by atomic mass is 32.2. The van der Waals surface area contributed by atoms with Gasteiger partial charge in [0, 0.05) is 24.4 Å². The van der Waals surface area contributed by atoms with E-state index in [0.29, 0.717) is 13.0 Å². The van der Waals surface area contributed by atoms with Crippen molar-refractivity contribution < 1.29 is 13.3 Å². The second-order valence-electron chi connectivity index (χ2n) is 4.75. The number of benzene rings is 1. The molecule has 0 radical (unpaired) electrons. The molecule has 0 heterocycles. The molecule has 0 amide bonds. The van der Waals surface area contributed by atoms with E-state index >= 15 is 0 Å². The maximum atomic E-state index is 11.0. The van der Waals surface area contributed by atoms with Crippen LogP contribution in [0.5, 0.6) is 0 Å². The number of non-ortho nitro benzene ring substituents is 1. The minimum Gasteiger partial charge on any atom is -0.310 e. The number of nitro groups is 1. The average molecular weight is 300 g/mol. The monoisotopic (exact) mass is 300 g/mol. The van der Waals surface area contributed by atoms with Crippen molar-refractivity contribution in [3.63, 3.8) is 0 Å². The number of sulfone groups is 1. The Morgan fingerprint density at radius 1 is 1.40 bits per heavy atom. The number of nitrogens with one attached hydrogen (secondary N) is 1. The third-order valence-corrected chi connectivity index (χ3v) is 4.00. The molecule has 1 N–H and O–H groups in total. The average Bonchev–Trinajstić information content (AvgIpc) is 2.37. The van der Waals surface area contributed by atoms with Crippen LogP contribution in [0.2, 0.25) is 0 Å². The summed E-state index contributed by atoms with van der Waals surface area (Å²) in [6.45, 7) is 2.54. The van der Waals surface area contributed by atoms with E-state index in [4.69, 9.17) is 0 Å². The van der Waals surface area contributed by atoms with Crippen molar-refractivity contribution in [2.24, 2.45) is 0 Å². The van der Waals surface area contributed by atoms with Crippen LogP contribution in [-0.2, 0) is 9.84 Å². The summed E-state index contributed by atoms with van der Waals surface area (Å²) in [5, 5.41) is 14.0. The fraction of sp³-hybridized carbons (Fsp3) is 0.538. The van der Waals surface area contributed by atoms with Gasteiger partial charge in [-0.3, -0.25) is 10.1 Å². The summed E-state index contributed by atoms with van der Waals surface area (Å²) in [5.41, 5.74) is 0.917. The predicted molar refractivity (Wildman–Crippen MR) is 78.5 cm³/mol. The number of nitro benzene ring substituents is 1. The molecule has 0 aliphatic heterocycles. The highest BCUT2D eigenvalue weighted by molar-refractivity contribution is 7.90. The van der Waals surface area contributed by atoms with Crippen LogP contribution in [0.1, 0.15) is 31.4 Å². The fourth-order valence-electron chi connectivity index (χ4n) is 1.96. The van der Waals surface area contributed by atoms with Crippen molar-refractivity contribution in [3.8, 4) is 0 Å². The lowest BCUT2D eigenvalue weighted by Gasteiger charge is -2.17. The molecule has 112 valence electrons. The minimum atomic E-state index is -2.94. The van der Waals surface area contributed by atoms with Crippen LogP contribution in [-0.4, -0.2) is 31.9 Å². The molecule has 20 heavy (non-hydrogen) atoms. The zero-order chi connectivity index (χ0) is 15.2. The Bertz CT molecular complexity index is 557. The Morgan fingerprint density at radius 3 is 2.65 bits per heavy atom. The fourth-order valence-corrected chi connectivity index (χ4v) is 2.63. The lowest BCUT2D eigenvalue weighted by molar-refractivity contribution is -0.384. The van der Waals surface area contributed by atoms with E-state index in [1.54, 1.807) is 12.1 Å². The number of hydrogen-bond acceptors (Lipinski definition) is 5. The SMILES string of the molecule is CCC(NCCCS(C)(=O)=O)c1cccc([N+](=O)[O-])c1. The molecule has 1 aromatic rings. The van der Waals surface area contributed by atoms with Crippen molar-refractivity contribution in [2.75, 3.05) is 18.6 Å². The summed E-state index contributed by atoms with van der Waals surface area (Å²) in [6, 6.07) is 6.51. The third-order valence-electron chi connectivity index (χ3n) is 2.97. The second kappa shape index (κ2) is 7.35. The predicted octanol–water partition coefficient (Wildman–Crippen LogP) is 2.07. The molecule has 0 aliphatic carbocycles. The number of nitrogens with zero attached hydrogens (tertiary/aromatic N) is 1. The molecule has 1 aromatic carbocycles. The largest absolute Gasteiger partial charge is 0.310 e. The first-order chi connectivity index (χ1) is 9.33. The molecule has 0 saturated heterocycles. The topological polar surface area (TPSA) is 89.3 Å². The molecule has 0 bridgehead atoms. The maximum absolute atomic E-state index is 11.0. The Hall–Kier alpha value is -1.47. The van der Waals surface area contributed by atoms with Gasteiger partial charge < -0.3 is 5.32 Å². The number of rotatable bonds is 8. The molecule has 0 spiro atoms.